The minimum Gasteiger partial charge on any atom is -0.497 e. The molecule has 24 heavy (non-hydrogen) atoms. The third-order valence-electron chi connectivity index (χ3n) is 3.73. The van der Waals surface area contributed by atoms with Crippen LogP contribution in [-0.2, 0) is 14.3 Å². The summed E-state index contributed by atoms with van der Waals surface area (Å²) in [5.41, 5.74) is 0.975. The lowest BCUT2D eigenvalue weighted by Crippen LogP contribution is -2.21. The maximum atomic E-state index is 11.8. The van der Waals surface area contributed by atoms with Crippen LogP contribution in [0.1, 0.15) is 57.9 Å². The summed E-state index contributed by atoms with van der Waals surface area (Å²) in [5, 5.41) is 0. The number of esters is 1. The fourth-order valence-electron chi connectivity index (χ4n) is 2.18. The van der Waals surface area contributed by atoms with E-state index in [1.165, 1.54) is 31.9 Å². The molecule has 0 bridgehead atoms. The molecule has 134 valence electrons. The van der Waals surface area contributed by atoms with E-state index in [-0.39, 0.29) is 5.97 Å². The quantitative estimate of drug-likeness (QED) is 0.307. The Morgan fingerprint density at radius 2 is 1.75 bits per heavy atom. The molecule has 1 unspecified atom stereocenters. The molecule has 0 fully saturated rings. The second kappa shape index (κ2) is 12.5. The minimum atomic E-state index is -0.598. The minimum absolute atomic E-state index is 0.317. The van der Waals surface area contributed by atoms with Crippen LogP contribution >= 0.6 is 0 Å². The Morgan fingerprint density at radius 1 is 1.08 bits per heavy atom. The molecule has 1 rings (SSSR count). The van der Waals surface area contributed by atoms with Crippen LogP contribution < -0.4 is 4.74 Å². The first-order chi connectivity index (χ1) is 11.7. The number of carbonyl (C=O) groups is 1. The zero-order valence-electron chi connectivity index (χ0n) is 15.1. The SMILES string of the molecule is CCCCCCCCOC(=O)C(C)OC=Cc1ccc(OC)cc1. The number of ether oxygens (including phenoxy) is 3. The molecular weight excluding hydrogens is 304 g/mol. The zero-order chi connectivity index (χ0) is 17.6. The van der Waals surface area contributed by atoms with Crippen molar-refractivity contribution in [2.45, 2.75) is 58.5 Å². The summed E-state index contributed by atoms with van der Waals surface area (Å²) in [5.74, 6) is 0.489. The smallest absolute Gasteiger partial charge is 0.346 e. The van der Waals surface area contributed by atoms with Crippen molar-refractivity contribution in [1.29, 1.82) is 0 Å². The van der Waals surface area contributed by atoms with Gasteiger partial charge in [-0.15, -0.1) is 0 Å². The maximum Gasteiger partial charge on any atom is 0.346 e. The van der Waals surface area contributed by atoms with Crippen LogP contribution in [0.15, 0.2) is 30.5 Å². The molecule has 0 N–H and O–H groups in total. The van der Waals surface area contributed by atoms with E-state index in [0.29, 0.717) is 6.61 Å². The molecule has 0 amide bonds. The Morgan fingerprint density at radius 3 is 2.42 bits per heavy atom. The van der Waals surface area contributed by atoms with Gasteiger partial charge in [-0.2, -0.15) is 0 Å². The van der Waals surface area contributed by atoms with Gasteiger partial charge in [-0.3, -0.25) is 0 Å². The number of benzene rings is 1. The second-order valence-corrected chi connectivity index (χ2v) is 5.79. The van der Waals surface area contributed by atoms with Crippen molar-refractivity contribution in [2.75, 3.05) is 13.7 Å². The zero-order valence-corrected chi connectivity index (χ0v) is 15.1. The molecule has 0 spiro atoms. The topological polar surface area (TPSA) is 44.8 Å². The van der Waals surface area contributed by atoms with Gasteiger partial charge < -0.3 is 14.2 Å². The lowest BCUT2D eigenvalue weighted by molar-refractivity contribution is -0.152. The Labute approximate surface area is 145 Å². The molecule has 0 aliphatic carbocycles. The molecule has 0 radical (unpaired) electrons. The van der Waals surface area contributed by atoms with Gasteiger partial charge in [0.15, 0.2) is 6.10 Å². The van der Waals surface area contributed by atoms with Crippen molar-refractivity contribution in [3.63, 3.8) is 0 Å². The fraction of sp³-hybridized carbons (Fsp3) is 0.550. The Balaban J connectivity index is 2.17. The van der Waals surface area contributed by atoms with E-state index in [0.717, 1.165) is 24.2 Å². The first-order valence-electron chi connectivity index (χ1n) is 8.80. The van der Waals surface area contributed by atoms with Gasteiger partial charge in [-0.1, -0.05) is 51.2 Å². The number of methoxy groups -OCH3 is 1. The summed E-state index contributed by atoms with van der Waals surface area (Å²) >= 11 is 0. The Bertz CT molecular complexity index is 479. The molecule has 0 aromatic heterocycles. The average molecular weight is 334 g/mol. The van der Waals surface area contributed by atoms with E-state index in [1.54, 1.807) is 20.1 Å². The molecule has 1 aromatic carbocycles. The molecule has 0 saturated carbocycles. The predicted molar refractivity (Wildman–Crippen MR) is 96.9 cm³/mol. The highest BCUT2D eigenvalue weighted by atomic mass is 16.6. The van der Waals surface area contributed by atoms with Crippen LogP contribution in [0, 0.1) is 0 Å². The van der Waals surface area contributed by atoms with E-state index in [1.807, 2.05) is 24.3 Å². The van der Waals surface area contributed by atoms with Crippen molar-refractivity contribution in [2.24, 2.45) is 0 Å². The second-order valence-electron chi connectivity index (χ2n) is 5.79. The molecule has 0 saturated heterocycles. The normalized spacial score (nSPS) is 12.1. The number of carbonyl (C=O) groups excluding carboxylic acids is 1. The average Bonchev–Trinajstić information content (AvgIpc) is 2.61. The molecular formula is C20H30O4. The van der Waals surface area contributed by atoms with Gasteiger partial charge in [0, 0.05) is 0 Å². The molecule has 1 aromatic rings. The van der Waals surface area contributed by atoms with Gasteiger partial charge >= 0.3 is 5.97 Å². The largest absolute Gasteiger partial charge is 0.497 e. The van der Waals surface area contributed by atoms with E-state index >= 15 is 0 Å². The van der Waals surface area contributed by atoms with Gasteiger partial charge in [0.05, 0.1) is 20.0 Å². The number of unbranched alkanes of at least 4 members (excludes halogenated alkanes) is 5. The van der Waals surface area contributed by atoms with Crippen molar-refractivity contribution >= 4 is 12.0 Å². The number of hydrogen-bond donors (Lipinski definition) is 0. The van der Waals surface area contributed by atoms with E-state index < -0.39 is 6.10 Å². The van der Waals surface area contributed by atoms with Crippen LogP contribution in [0.4, 0.5) is 0 Å². The lowest BCUT2D eigenvalue weighted by Gasteiger charge is -2.11. The summed E-state index contributed by atoms with van der Waals surface area (Å²) in [7, 11) is 1.63. The summed E-state index contributed by atoms with van der Waals surface area (Å²) in [6.07, 6.45) is 9.76. The van der Waals surface area contributed by atoms with E-state index in [2.05, 4.69) is 6.92 Å². The third kappa shape index (κ3) is 8.61. The van der Waals surface area contributed by atoms with Gasteiger partial charge in [0.25, 0.3) is 0 Å². The molecule has 0 aliphatic rings. The van der Waals surface area contributed by atoms with Crippen LogP contribution in [0.25, 0.3) is 6.08 Å². The molecule has 4 heteroatoms. The summed E-state index contributed by atoms with van der Waals surface area (Å²) in [6, 6.07) is 7.58. The van der Waals surface area contributed by atoms with Crippen molar-refractivity contribution < 1.29 is 19.0 Å². The summed E-state index contributed by atoms with van der Waals surface area (Å²) < 4.78 is 15.7. The van der Waals surface area contributed by atoms with Crippen molar-refractivity contribution in [3.05, 3.63) is 36.1 Å². The van der Waals surface area contributed by atoms with E-state index in [4.69, 9.17) is 14.2 Å². The molecule has 0 heterocycles. The lowest BCUT2D eigenvalue weighted by atomic mass is 10.1. The first kappa shape index (κ1) is 20.1. The van der Waals surface area contributed by atoms with Crippen molar-refractivity contribution in [1.82, 2.24) is 0 Å². The Hall–Kier alpha value is -1.97. The molecule has 0 aliphatic heterocycles. The number of hydrogen-bond acceptors (Lipinski definition) is 4. The van der Waals surface area contributed by atoms with E-state index in [9.17, 15) is 4.79 Å². The summed E-state index contributed by atoms with van der Waals surface area (Å²) in [4.78, 5) is 11.8. The predicted octanol–water partition coefficient (Wildman–Crippen LogP) is 4.97. The van der Waals surface area contributed by atoms with Crippen molar-refractivity contribution in [3.8, 4) is 5.75 Å². The van der Waals surface area contributed by atoms with Gasteiger partial charge in [-0.05, 0) is 37.1 Å². The van der Waals surface area contributed by atoms with Crippen LogP contribution in [0.2, 0.25) is 0 Å². The fourth-order valence-corrected chi connectivity index (χ4v) is 2.18. The molecule has 4 nitrogen and oxygen atoms in total. The first-order valence-corrected chi connectivity index (χ1v) is 8.80. The van der Waals surface area contributed by atoms with Crippen LogP contribution in [0.3, 0.4) is 0 Å². The highest BCUT2D eigenvalue weighted by Gasteiger charge is 2.13. The highest BCUT2D eigenvalue weighted by Crippen LogP contribution is 2.12. The van der Waals surface area contributed by atoms with Gasteiger partial charge in [-0.25, -0.2) is 4.79 Å². The summed E-state index contributed by atoms with van der Waals surface area (Å²) in [6.45, 7) is 4.37. The highest BCUT2D eigenvalue weighted by molar-refractivity contribution is 5.74. The standard InChI is InChI=1S/C20H30O4/c1-4-5-6-7-8-9-15-24-20(21)17(2)23-16-14-18-10-12-19(22-3)13-11-18/h10-14,16-17H,4-9,15H2,1-3H3. The van der Waals surface area contributed by atoms with Crippen LogP contribution in [-0.4, -0.2) is 25.8 Å². The Kier molecular flexibility index (Phi) is 10.4. The maximum absolute atomic E-state index is 11.8. The van der Waals surface area contributed by atoms with Crippen LogP contribution in [0.5, 0.6) is 5.75 Å². The third-order valence-corrected chi connectivity index (χ3v) is 3.73. The van der Waals surface area contributed by atoms with Gasteiger partial charge in [0.1, 0.15) is 5.75 Å². The number of rotatable bonds is 12. The molecule has 1 atom stereocenters. The monoisotopic (exact) mass is 334 g/mol. The van der Waals surface area contributed by atoms with Gasteiger partial charge in [0.2, 0.25) is 0 Å².